The number of unbranched alkanes of at least 4 members (excludes halogenated alkanes) is 1. The molecule has 4 atom stereocenters. The second-order valence-corrected chi connectivity index (χ2v) is 19.5. The number of pyridine rings is 1. The molecule has 6 amide bonds. The third-order valence-corrected chi connectivity index (χ3v) is 12.5. The fourth-order valence-electron chi connectivity index (χ4n) is 8.20. The minimum atomic E-state index is -1.47. The summed E-state index contributed by atoms with van der Waals surface area (Å²) in [7, 11) is 0. The van der Waals surface area contributed by atoms with E-state index in [0.29, 0.717) is 116 Å². The van der Waals surface area contributed by atoms with E-state index < -0.39 is 72.1 Å². The molecule has 1 aliphatic rings. The summed E-state index contributed by atoms with van der Waals surface area (Å²) >= 11 is 0. The third kappa shape index (κ3) is 31.7. The number of aromatic nitrogens is 1. The van der Waals surface area contributed by atoms with Gasteiger partial charge in [0.1, 0.15) is 29.9 Å². The molecule has 3 rings (SSSR count). The van der Waals surface area contributed by atoms with Crippen LogP contribution < -0.4 is 42.8 Å². The number of hydrogen-bond donors (Lipinski definition) is 8. The molecule has 28 nitrogen and oxygen atoms in total. The smallest absolute Gasteiger partial charge is 0.334 e. The molecule has 1 saturated heterocycles. The lowest BCUT2D eigenvalue weighted by atomic mass is 10.0. The number of para-hydroxylation sites is 1. The predicted molar refractivity (Wildman–Crippen MR) is 304 cm³/mol. The Morgan fingerprint density at radius 2 is 1.12 bits per heavy atom. The van der Waals surface area contributed by atoms with Crippen LogP contribution in [0.4, 0.5) is 0 Å². The van der Waals surface area contributed by atoms with Crippen molar-refractivity contribution >= 4 is 58.3 Å². The molecule has 1 fully saturated rings. The van der Waals surface area contributed by atoms with Crippen LogP contribution in [0.5, 0.6) is 5.75 Å². The number of amides is 6. The largest absolute Gasteiger partial charge is 0.481 e. The molecule has 1 aliphatic heterocycles. The number of benzene rings is 1. The topological polar surface area (TPSA) is 377 Å². The first kappa shape index (κ1) is 72.2. The number of carboxylic acid groups (broad SMARTS) is 1. The van der Waals surface area contributed by atoms with E-state index in [2.05, 4.69) is 31.6 Å². The molecule has 0 unspecified atom stereocenters. The van der Waals surface area contributed by atoms with Crippen LogP contribution in [-0.4, -0.2) is 238 Å². The summed E-state index contributed by atoms with van der Waals surface area (Å²) in [5.74, 6) is -5.10. The van der Waals surface area contributed by atoms with Crippen molar-refractivity contribution in [2.24, 2.45) is 17.4 Å². The fourth-order valence-corrected chi connectivity index (χ4v) is 8.20. The van der Waals surface area contributed by atoms with E-state index in [1.165, 1.54) is 11.1 Å². The molecule has 0 radical (unpaired) electrons. The normalized spacial score (nSPS) is 14.2. The number of rotatable bonds is 50. The molecule has 28 heteroatoms. The molecule has 1 aromatic carbocycles. The van der Waals surface area contributed by atoms with E-state index in [9.17, 15) is 43.5 Å². The molecule has 0 spiro atoms. The van der Waals surface area contributed by atoms with Gasteiger partial charge in [-0.05, 0) is 56.2 Å². The van der Waals surface area contributed by atoms with Crippen LogP contribution in [0.2, 0.25) is 0 Å². The average molecular weight is 1190 g/mol. The van der Waals surface area contributed by atoms with Gasteiger partial charge in [0.25, 0.3) is 0 Å². The van der Waals surface area contributed by atoms with Crippen molar-refractivity contribution in [3.63, 3.8) is 0 Å². The summed E-state index contributed by atoms with van der Waals surface area (Å²) in [6, 6.07) is 4.27. The van der Waals surface area contributed by atoms with E-state index in [4.69, 9.17) is 58.8 Å². The summed E-state index contributed by atoms with van der Waals surface area (Å²) in [4.78, 5) is 109. The van der Waals surface area contributed by atoms with E-state index >= 15 is 0 Å². The molecule has 2 heterocycles. The van der Waals surface area contributed by atoms with Gasteiger partial charge in [0.2, 0.25) is 35.4 Å². The summed E-state index contributed by atoms with van der Waals surface area (Å²) in [6.45, 7) is 10.1. The number of hydrogen-bond acceptors (Lipinski definition) is 21. The van der Waals surface area contributed by atoms with Crippen molar-refractivity contribution in [1.82, 2.24) is 36.5 Å². The number of nitrogens with two attached hydrogens (primary N) is 2. The maximum absolute atomic E-state index is 13.8. The predicted octanol–water partition coefficient (Wildman–Crippen LogP) is -0.644. The summed E-state index contributed by atoms with van der Waals surface area (Å²) in [5, 5.41) is 23.9. The number of nitrogens with zero attached hydrogens (tertiary/aromatic N) is 2. The van der Waals surface area contributed by atoms with Gasteiger partial charge in [-0.25, -0.2) is 4.79 Å². The highest BCUT2D eigenvalue weighted by molar-refractivity contribution is 5.96. The molecular formula is C56H91N9O19. The highest BCUT2D eigenvalue weighted by Gasteiger charge is 2.40. The summed E-state index contributed by atoms with van der Waals surface area (Å²) in [5.41, 5.74) is 11.4. The van der Waals surface area contributed by atoms with Crippen LogP contribution >= 0.6 is 0 Å². The van der Waals surface area contributed by atoms with Gasteiger partial charge in [-0.1, -0.05) is 26.0 Å². The minimum absolute atomic E-state index is 0.0260. The van der Waals surface area contributed by atoms with Crippen molar-refractivity contribution in [2.45, 2.75) is 95.8 Å². The van der Waals surface area contributed by atoms with E-state index in [-0.39, 0.29) is 116 Å². The van der Waals surface area contributed by atoms with Gasteiger partial charge in [0, 0.05) is 63.6 Å². The van der Waals surface area contributed by atoms with E-state index in [1.807, 2.05) is 0 Å². The maximum Gasteiger partial charge on any atom is 0.334 e. The number of esters is 1. The minimum Gasteiger partial charge on any atom is -0.481 e. The molecular weight excluding hydrogens is 1100 g/mol. The number of carbonyl (C=O) groups excluding carboxylic acids is 7. The van der Waals surface area contributed by atoms with Gasteiger partial charge in [0.15, 0.2) is 0 Å². The zero-order chi connectivity index (χ0) is 61.0. The van der Waals surface area contributed by atoms with Gasteiger partial charge < -0.3 is 95.4 Å². The number of aliphatic carboxylic acids is 1. The quantitative estimate of drug-likeness (QED) is 0.0302. The van der Waals surface area contributed by atoms with Gasteiger partial charge in [-0.3, -0.25) is 38.5 Å². The third-order valence-electron chi connectivity index (χ3n) is 12.5. The Morgan fingerprint density at radius 3 is 1.67 bits per heavy atom. The van der Waals surface area contributed by atoms with Crippen LogP contribution in [0, 0.1) is 5.92 Å². The first-order valence-electron chi connectivity index (χ1n) is 28.9. The second-order valence-electron chi connectivity index (χ2n) is 19.5. The Bertz CT molecular complexity index is 2230. The highest BCUT2D eigenvalue weighted by atomic mass is 16.6. The lowest BCUT2D eigenvalue weighted by Crippen LogP contribution is -2.56. The van der Waals surface area contributed by atoms with Crippen LogP contribution in [-0.2, 0) is 81.0 Å². The molecule has 0 aliphatic carbocycles. The lowest BCUT2D eigenvalue weighted by Gasteiger charge is -2.30. The standard InChI is InChI=1S/C56H91N9O19/c1-41(2)52(56(74)84-47-12-19-59-43-9-4-3-8-42(43)47)64-54(72)46-11-7-21-65(46)55(73)45(40-51(69)70)63-50(68)15-24-77-30-36-83-39-33-80-27-20-61-53(71)44(62-49(67)14-23-76-29-35-82-38-32-79-26-17-58)10-5-6-18-60-48(66)13-22-75-28-34-81-37-31-78-25-16-57/h3-4,8-9,12,19,41,44-46,52H,5-7,10-11,13-18,20-40,57-58H2,1-2H3,(H,60,66)(H,61,71)(H,62,67)(H,63,68)(H,64,72)(H,69,70)/t44-,45-,46-,52-/m0/s1. The molecule has 0 saturated carbocycles. The van der Waals surface area contributed by atoms with Gasteiger partial charge in [0.05, 0.1) is 131 Å². The number of carboxylic acids is 1. The fraction of sp³-hybridized carbons (Fsp3) is 0.696. The average Bonchev–Trinajstić information content (AvgIpc) is 4.16. The Hall–Kier alpha value is -6.05. The summed E-state index contributed by atoms with van der Waals surface area (Å²) in [6.07, 6.45) is 2.89. The van der Waals surface area contributed by atoms with Gasteiger partial charge >= 0.3 is 11.9 Å². The van der Waals surface area contributed by atoms with Crippen LogP contribution in [0.15, 0.2) is 36.5 Å². The van der Waals surface area contributed by atoms with E-state index in [1.54, 1.807) is 44.2 Å². The van der Waals surface area contributed by atoms with Gasteiger partial charge in [-0.2, -0.15) is 0 Å². The Labute approximate surface area is 491 Å². The first-order valence-corrected chi connectivity index (χ1v) is 28.9. The first-order chi connectivity index (χ1) is 40.7. The number of nitrogens with one attached hydrogen (secondary N) is 5. The van der Waals surface area contributed by atoms with Crippen LogP contribution in [0.1, 0.15) is 71.6 Å². The number of carbonyl (C=O) groups is 8. The van der Waals surface area contributed by atoms with Crippen molar-refractivity contribution in [3.8, 4) is 5.75 Å². The van der Waals surface area contributed by atoms with Crippen molar-refractivity contribution < 1.29 is 90.8 Å². The van der Waals surface area contributed by atoms with Crippen molar-refractivity contribution in [2.75, 3.05) is 152 Å². The molecule has 10 N–H and O–H groups in total. The van der Waals surface area contributed by atoms with Crippen molar-refractivity contribution in [1.29, 1.82) is 0 Å². The molecule has 474 valence electrons. The number of ether oxygens (including phenoxy) is 10. The summed E-state index contributed by atoms with van der Waals surface area (Å²) < 4.78 is 54.6. The van der Waals surface area contributed by atoms with Crippen LogP contribution in [0.25, 0.3) is 10.9 Å². The SMILES string of the molecule is CC(C)[C@H](NC(=O)[C@@H]1CCCN1C(=O)[C@H](CC(=O)O)NC(=O)CCOCCOCCOCCNC(=O)[C@H](CCCCNC(=O)CCOCCOCCOCCN)NC(=O)CCOCCOCCOCCN)C(=O)Oc1ccnc2ccccc12. The number of fused-ring (bicyclic) bond motifs is 1. The number of likely N-dealkylation sites (tertiary alicyclic amines) is 1. The van der Waals surface area contributed by atoms with Gasteiger partial charge in [-0.15, -0.1) is 0 Å². The highest BCUT2D eigenvalue weighted by Crippen LogP contribution is 2.25. The van der Waals surface area contributed by atoms with Crippen LogP contribution in [0.3, 0.4) is 0 Å². The maximum atomic E-state index is 13.8. The molecule has 2 aromatic rings. The Balaban J connectivity index is 1.32. The molecule has 1 aromatic heterocycles. The Kier molecular flexibility index (Phi) is 39.0. The zero-order valence-corrected chi connectivity index (χ0v) is 48.8. The zero-order valence-electron chi connectivity index (χ0n) is 48.8. The van der Waals surface area contributed by atoms with Crippen molar-refractivity contribution in [3.05, 3.63) is 36.5 Å². The lowest BCUT2D eigenvalue weighted by molar-refractivity contribution is -0.147. The van der Waals surface area contributed by atoms with E-state index in [0.717, 1.165) is 0 Å². The molecule has 0 bridgehead atoms. The monoisotopic (exact) mass is 1190 g/mol. The Morgan fingerprint density at radius 1 is 0.607 bits per heavy atom. The molecule has 84 heavy (non-hydrogen) atoms. The second kappa shape index (κ2) is 45.3.